The summed E-state index contributed by atoms with van der Waals surface area (Å²) < 4.78 is 0. The number of aliphatic carboxylic acids is 1. The normalized spacial score (nSPS) is 21.4. The molecule has 1 amide bonds. The summed E-state index contributed by atoms with van der Waals surface area (Å²) in [6, 6.07) is -0.482. The zero-order chi connectivity index (χ0) is 13.2. The lowest BCUT2D eigenvalue weighted by molar-refractivity contribution is -0.153. The van der Waals surface area contributed by atoms with Crippen LogP contribution in [-0.2, 0) is 9.59 Å². The van der Waals surface area contributed by atoms with Gasteiger partial charge in [-0.15, -0.1) is 0 Å². The first-order valence-corrected chi connectivity index (χ1v) is 6.06. The molecule has 0 bridgehead atoms. The Morgan fingerprint density at radius 2 is 1.76 bits per heavy atom. The van der Waals surface area contributed by atoms with Crippen LogP contribution >= 0.6 is 0 Å². The fourth-order valence-corrected chi connectivity index (χ4v) is 1.93. The van der Waals surface area contributed by atoms with E-state index < -0.39 is 17.4 Å². The van der Waals surface area contributed by atoms with Crippen molar-refractivity contribution in [3.05, 3.63) is 0 Å². The quantitative estimate of drug-likeness (QED) is 0.762. The molecule has 1 aliphatic rings. The third-order valence-corrected chi connectivity index (χ3v) is 3.70. The molecule has 1 saturated heterocycles. The van der Waals surface area contributed by atoms with Crippen LogP contribution in [0.2, 0.25) is 0 Å². The van der Waals surface area contributed by atoms with Crippen molar-refractivity contribution in [2.24, 2.45) is 17.1 Å². The fraction of sp³-hybridized carbons (Fsp3) is 0.833. The molecular formula is C12H22N2O3. The fourth-order valence-electron chi connectivity index (χ4n) is 1.93. The van der Waals surface area contributed by atoms with E-state index in [2.05, 4.69) is 0 Å². The van der Waals surface area contributed by atoms with E-state index in [4.69, 9.17) is 10.8 Å². The molecular weight excluding hydrogens is 220 g/mol. The van der Waals surface area contributed by atoms with Gasteiger partial charge in [0.15, 0.2) is 0 Å². The second-order valence-corrected chi connectivity index (χ2v) is 5.46. The Hall–Kier alpha value is -1.10. The number of nitrogens with two attached hydrogens (primary N) is 1. The monoisotopic (exact) mass is 242 g/mol. The average Bonchev–Trinajstić information content (AvgIpc) is 2.27. The number of carbonyl (C=O) groups is 2. The van der Waals surface area contributed by atoms with Crippen molar-refractivity contribution in [3.63, 3.8) is 0 Å². The second kappa shape index (κ2) is 5.04. The second-order valence-electron chi connectivity index (χ2n) is 5.46. The maximum Gasteiger partial charge on any atom is 0.309 e. The van der Waals surface area contributed by atoms with Crippen LogP contribution < -0.4 is 5.73 Å². The van der Waals surface area contributed by atoms with E-state index in [1.54, 1.807) is 11.8 Å². The van der Waals surface area contributed by atoms with Gasteiger partial charge in [0, 0.05) is 13.1 Å². The molecule has 17 heavy (non-hydrogen) atoms. The van der Waals surface area contributed by atoms with Crippen LogP contribution in [0.5, 0.6) is 0 Å². The van der Waals surface area contributed by atoms with Crippen LogP contribution in [0.4, 0.5) is 0 Å². The van der Waals surface area contributed by atoms with E-state index in [1.807, 2.05) is 13.8 Å². The van der Waals surface area contributed by atoms with E-state index in [-0.39, 0.29) is 11.8 Å². The molecule has 0 saturated carbocycles. The predicted octanol–water partition coefficient (Wildman–Crippen LogP) is 0.683. The Kier molecular flexibility index (Phi) is 4.14. The lowest BCUT2D eigenvalue weighted by atomic mass is 9.80. The van der Waals surface area contributed by atoms with Gasteiger partial charge in [-0.1, -0.05) is 13.8 Å². The zero-order valence-electron chi connectivity index (χ0n) is 10.8. The van der Waals surface area contributed by atoms with Crippen LogP contribution in [0, 0.1) is 11.3 Å². The van der Waals surface area contributed by atoms with Gasteiger partial charge in [-0.05, 0) is 25.7 Å². The first-order chi connectivity index (χ1) is 7.78. The van der Waals surface area contributed by atoms with Crippen LogP contribution in [0.3, 0.4) is 0 Å². The van der Waals surface area contributed by atoms with Crippen molar-refractivity contribution in [2.75, 3.05) is 13.1 Å². The van der Waals surface area contributed by atoms with E-state index in [1.165, 1.54) is 0 Å². The summed E-state index contributed by atoms with van der Waals surface area (Å²) in [5.41, 5.74) is 5.11. The molecule has 0 aliphatic carbocycles. The highest BCUT2D eigenvalue weighted by atomic mass is 16.4. The van der Waals surface area contributed by atoms with Crippen molar-refractivity contribution in [2.45, 2.75) is 39.7 Å². The van der Waals surface area contributed by atoms with E-state index >= 15 is 0 Å². The Labute approximate surface area is 102 Å². The lowest BCUT2D eigenvalue weighted by Gasteiger charge is -2.37. The van der Waals surface area contributed by atoms with Gasteiger partial charge in [-0.25, -0.2) is 0 Å². The lowest BCUT2D eigenvalue weighted by Crippen LogP contribution is -2.51. The molecule has 0 radical (unpaired) electrons. The van der Waals surface area contributed by atoms with Gasteiger partial charge in [0.05, 0.1) is 11.5 Å². The topological polar surface area (TPSA) is 83.6 Å². The molecule has 0 unspecified atom stereocenters. The van der Waals surface area contributed by atoms with Crippen LogP contribution in [-0.4, -0.2) is 41.0 Å². The van der Waals surface area contributed by atoms with E-state index in [0.29, 0.717) is 25.9 Å². The summed E-state index contributed by atoms with van der Waals surface area (Å²) in [7, 11) is 0. The average molecular weight is 242 g/mol. The van der Waals surface area contributed by atoms with Gasteiger partial charge in [-0.3, -0.25) is 9.59 Å². The smallest absolute Gasteiger partial charge is 0.309 e. The number of carboxylic acid groups (broad SMARTS) is 1. The van der Waals surface area contributed by atoms with Gasteiger partial charge in [0.2, 0.25) is 5.91 Å². The number of amides is 1. The van der Waals surface area contributed by atoms with Crippen LogP contribution in [0.1, 0.15) is 33.6 Å². The molecule has 0 aromatic carbocycles. The number of rotatable bonds is 3. The van der Waals surface area contributed by atoms with Gasteiger partial charge < -0.3 is 15.7 Å². The van der Waals surface area contributed by atoms with Gasteiger partial charge in [-0.2, -0.15) is 0 Å². The van der Waals surface area contributed by atoms with Crippen LogP contribution in [0.15, 0.2) is 0 Å². The zero-order valence-corrected chi connectivity index (χ0v) is 10.8. The van der Waals surface area contributed by atoms with Crippen molar-refractivity contribution in [1.29, 1.82) is 0 Å². The first-order valence-electron chi connectivity index (χ1n) is 6.06. The molecule has 3 N–H and O–H groups in total. The molecule has 0 aromatic rings. The number of carboxylic acids is 1. The third kappa shape index (κ3) is 2.97. The summed E-state index contributed by atoms with van der Waals surface area (Å²) in [5.74, 6) is -0.736. The number of piperidine rings is 1. The van der Waals surface area contributed by atoms with Crippen molar-refractivity contribution in [1.82, 2.24) is 4.90 Å². The Morgan fingerprint density at radius 3 is 2.12 bits per heavy atom. The maximum absolute atomic E-state index is 12.0. The summed E-state index contributed by atoms with van der Waals surface area (Å²) in [6.07, 6.45) is 0.998. The van der Waals surface area contributed by atoms with Crippen molar-refractivity contribution >= 4 is 11.9 Å². The molecule has 1 fully saturated rings. The molecule has 1 heterocycles. The number of carbonyl (C=O) groups excluding carboxylic acids is 1. The Morgan fingerprint density at radius 1 is 1.29 bits per heavy atom. The van der Waals surface area contributed by atoms with Gasteiger partial charge in [0.25, 0.3) is 0 Å². The number of nitrogens with zero attached hydrogens (tertiary/aromatic N) is 1. The maximum atomic E-state index is 12.0. The highest BCUT2D eigenvalue weighted by Crippen LogP contribution is 2.31. The van der Waals surface area contributed by atoms with E-state index in [9.17, 15) is 9.59 Å². The first kappa shape index (κ1) is 14.0. The standard InChI is InChI=1S/C12H22N2O3/c1-8(2)9(13)10(15)14-6-4-12(3,5-7-14)11(16)17/h8-9H,4-7,13H2,1-3H3,(H,16,17)/t9-/m0/s1. The van der Waals surface area contributed by atoms with Crippen LogP contribution in [0.25, 0.3) is 0 Å². The highest BCUT2D eigenvalue weighted by Gasteiger charge is 2.38. The van der Waals surface area contributed by atoms with Crippen molar-refractivity contribution in [3.8, 4) is 0 Å². The highest BCUT2D eigenvalue weighted by molar-refractivity contribution is 5.82. The third-order valence-electron chi connectivity index (χ3n) is 3.70. The minimum absolute atomic E-state index is 0.0626. The molecule has 5 heteroatoms. The summed E-state index contributed by atoms with van der Waals surface area (Å²) in [6.45, 7) is 6.53. The number of hydrogen-bond donors (Lipinski definition) is 2. The molecule has 0 aromatic heterocycles. The minimum atomic E-state index is -0.780. The molecule has 1 atom stereocenters. The molecule has 1 aliphatic heterocycles. The molecule has 98 valence electrons. The van der Waals surface area contributed by atoms with Gasteiger partial charge in [0.1, 0.15) is 0 Å². The summed E-state index contributed by atoms with van der Waals surface area (Å²) in [4.78, 5) is 24.7. The van der Waals surface area contributed by atoms with Crippen molar-refractivity contribution < 1.29 is 14.7 Å². The Balaban J connectivity index is 2.58. The SMILES string of the molecule is CC(C)[C@H](N)C(=O)N1CCC(C)(C(=O)O)CC1. The molecule has 1 rings (SSSR count). The Bertz CT molecular complexity index is 307. The summed E-state index contributed by atoms with van der Waals surface area (Å²) in [5, 5.41) is 9.09. The molecule has 0 spiro atoms. The molecule has 5 nitrogen and oxygen atoms in total. The largest absolute Gasteiger partial charge is 0.481 e. The van der Waals surface area contributed by atoms with Gasteiger partial charge >= 0.3 is 5.97 Å². The number of hydrogen-bond acceptors (Lipinski definition) is 3. The predicted molar refractivity (Wildman–Crippen MR) is 64.4 cm³/mol. The number of likely N-dealkylation sites (tertiary alicyclic amines) is 1. The minimum Gasteiger partial charge on any atom is -0.481 e. The van der Waals surface area contributed by atoms with E-state index in [0.717, 1.165) is 0 Å². The summed E-state index contributed by atoms with van der Waals surface area (Å²) >= 11 is 0.